The van der Waals surface area contributed by atoms with Crippen LogP contribution < -0.4 is 10.3 Å². The zero-order valence-electron chi connectivity index (χ0n) is 17.8. The summed E-state index contributed by atoms with van der Waals surface area (Å²) in [5.41, 5.74) is 1.05. The zero-order chi connectivity index (χ0) is 22.1. The lowest BCUT2D eigenvalue weighted by atomic mass is 10.1. The summed E-state index contributed by atoms with van der Waals surface area (Å²) in [5, 5.41) is 0.0746. The Hall–Kier alpha value is -2.67. The van der Waals surface area contributed by atoms with Gasteiger partial charge in [-0.05, 0) is 57.0 Å². The van der Waals surface area contributed by atoms with Crippen LogP contribution in [0.15, 0.2) is 57.2 Å². The van der Waals surface area contributed by atoms with E-state index in [-0.39, 0.29) is 15.2 Å². The van der Waals surface area contributed by atoms with Crippen LogP contribution in [0.25, 0.3) is 10.9 Å². The van der Waals surface area contributed by atoms with E-state index >= 15 is 0 Å². The van der Waals surface area contributed by atoms with Crippen molar-refractivity contribution in [3.8, 4) is 0 Å². The van der Waals surface area contributed by atoms with E-state index in [2.05, 4.69) is 0 Å². The lowest BCUT2D eigenvalue weighted by Crippen LogP contribution is -2.24. The summed E-state index contributed by atoms with van der Waals surface area (Å²) in [7, 11) is -4.04. The Kier molecular flexibility index (Phi) is 6.31. The maximum absolute atomic E-state index is 14.9. The van der Waals surface area contributed by atoms with Crippen LogP contribution in [0.4, 0.5) is 10.1 Å². The highest BCUT2D eigenvalue weighted by molar-refractivity contribution is 7.91. The Bertz CT molecular complexity index is 1250. The van der Waals surface area contributed by atoms with Crippen molar-refractivity contribution in [3.05, 3.63) is 64.2 Å². The number of fused-ring (bicyclic) bond motifs is 1. The second kappa shape index (κ2) is 8.60. The molecule has 1 aromatic heterocycles. The molecule has 5 nitrogen and oxygen atoms in total. The average Bonchev–Trinajstić information content (AvgIpc) is 2.71. The van der Waals surface area contributed by atoms with E-state index < -0.39 is 21.1 Å². The minimum absolute atomic E-state index is 0.0576. The van der Waals surface area contributed by atoms with E-state index in [0.717, 1.165) is 12.0 Å². The molecule has 0 amide bonds. The van der Waals surface area contributed by atoms with Gasteiger partial charge in [-0.2, -0.15) is 0 Å². The molecule has 160 valence electrons. The van der Waals surface area contributed by atoms with Crippen LogP contribution in [0.3, 0.4) is 0 Å². The van der Waals surface area contributed by atoms with Crippen molar-refractivity contribution in [1.29, 1.82) is 0 Å². The van der Waals surface area contributed by atoms with Crippen molar-refractivity contribution < 1.29 is 12.8 Å². The highest BCUT2D eigenvalue weighted by Crippen LogP contribution is 2.27. The van der Waals surface area contributed by atoms with Gasteiger partial charge < -0.3 is 9.47 Å². The highest BCUT2D eigenvalue weighted by atomic mass is 32.2. The Morgan fingerprint density at radius 3 is 2.37 bits per heavy atom. The molecule has 0 aliphatic rings. The third-order valence-electron chi connectivity index (χ3n) is 5.27. The largest absolute Gasteiger partial charge is 0.370 e. The predicted molar refractivity (Wildman–Crippen MR) is 119 cm³/mol. The van der Waals surface area contributed by atoms with Crippen LogP contribution in [0.2, 0.25) is 0 Å². The average molecular weight is 431 g/mol. The number of halogens is 1. The minimum Gasteiger partial charge on any atom is -0.370 e. The molecule has 1 heterocycles. The summed E-state index contributed by atoms with van der Waals surface area (Å²) < 4.78 is 43.1. The molecule has 3 rings (SSSR count). The second-order valence-corrected chi connectivity index (χ2v) is 9.25. The monoisotopic (exact) mass is 430 g/mol. The molecule has 0 saturated heterocycles. The van der Waals surface area contributed by atoms with Gasteiger partial charge in [0, 0.05) is 25.8 Å². The van der Waals surface area contributed by atoms with Crippen molar-refractivity contribution in [2.75, 3.05) is 18.0 Å². The Morgan fingerprint density at radius 2 is 1.77 bits per heavy atom. The summed E-state index contributed by atoms with van der Waals surface area (Å²) in [4.78, 5) is 14.8. The van der Waals surface area contributed by atoms with Gasteiger partial charge in [0.2, 0.25) is 15.3 Å². The lowest BCUT2D eigenvalue weighted by molar-refractivity contribution is 0.592. The van der Waals surface area contributed by atoms with Gasteiger partial charge in [0.05, 0.1) is 21.5 Å². The Labute approximate surface area is 176 Å². The fourth-order valence-corrected chi connectivity index (χ4v) is 5.18. The highest BCUT2D eigenvalue weighted by Gasteiger charge is 2.25. The first-order chi connectivity index (χ1) is 14.2. The van der Waals surface area contributed by atoms with Crippen LogP contribution in [-0.4, -0.2) is 26.1 Å². The normalized spacial score (nSPS) is 11.8. The fraction of sp³-hybridized carbons (Fsp3) is 0.348. The molecule has 0 saturated carbocycles. The molecule has 0 fully saturated rings. The molecule has 2 aromatic carbocycles. The molecule has 0 aliphatic carbocycles. The molecule has 3 aromatic rings. The van der Waals surface area contributed by atoms with Crippen LogP contribution in [0.5, 0.6) is 0 Å². The van der Waals surface area contributed by atoms with Crippen LogP contribution >= 0.6 is 0 Å². The molecule has 0 atom stereocenters. The number of hydrogen-bond acceptors (Lipinski definition) is 4. The molecular formula is C23H27FN2O3S. The SMILES string of the molecule is CCCn1cc(S(=O)(=O)c2cccc(C)c2)c(=O)c2cc(F)c(N(CC)CC)cc21. The van der Waals surface area contributed by atoms with Crippen LogP contribution in [0, 0.1) is 12.7 Å². The van der Waals surface area contributed by atoms with Gasteiger partial charge in [-0.1, -0.05) is 19.1 Å². The van der Waals surface area contributed by atoms with E-state index in [4.69, 9.17) is 0 Å². The van der Waals surface area contributed by atoms with Crippen molar-refractivity contribution in [1.82, 2.24) is 4.57 Å². The number of aromatic nitrogens is 1. The number of nitrogens with zero attached hydrogens (tertiary/aromatic N) is 2. The molecule has 0 radical (unpaired) electrons. The quantitative estimate of drug-likeness (QED) is 0.552. The van der Waals surface area contributed by atoms with Gasteiger partial charge in [-0.15, -0.1) is 0 Å². The molecule has 0 unspecified atom stereocenters. The smallest absolute Gasteiger partial charge is 0.211 e. The van der Waals surface area contributed by atoms with Gasteiger partial charge in [0.1, 0.15) is 10.7 Å². The van der Waals surface area contributed by atoms with Gasteiger partial charge in [0.15, 0.2) is 0 Å². The maximum Gasteiger partial charge on any atom is 0.211 e. The first kappa shape index (κ1) is 22.0. The first-order valence-corrected chi connectivity index (χ1v) is 11.7. The van der Waals surface area contributed by atoms with Crippen molar-refractivity contribution in [2.24, 2.45) is 0 Å². The van der Waals surface area contributed by atoms with Gasteiger partial charge in [-0.3, -0.25) is 4.79 Å². The molecule has 7 heteroatoms. The summed E-state index contributed by atoms with van der Waals surface area (Å²) in [6, 6.07) is 9.26. The Balaban J connectivity index is 2.35. The number of hydrogen-bond donors (Lipinski definition) is 0. The number of rotatable bonds is 7. The topological polar surface area (TPSA) is 59.4 Å². The summed E-state index contributed by atoms with van der Waals surface area (Å²) in [6.45, 7) is 9.38. The van der Waals surface area contributed by atoms with E-state index in [1.165, 1.54) is 24.4 Å². The third kappa shape index (κ3) is 3.86. The van der Waals surface area contributed by atoms with E-state index in [0.29, 0.717) is 30.8 Å². The molecular weight excluding hydrogens is 403 g/mol. The number of pyridine rings is 1. The molecule has 0 bridgehead atoms. The van der Waals surface area contributed by atoms with Crippen LogP contribution in [0.1, 0.15) is 32.8 Å². The van der Waals surface area contributed by atoms with Crippen LogP contribution in [-0.2, 0) is 16.4 Å². The molecule has 0 N–H and O–H groups in total. The van der Waals surface area contributed by atoms with E-state index in [1.54, 1.807) is 29.7 Å². The van der Waals surface area contributed by atoms with Crippen molar-refractivity contribution in [2.45, 2.75) is 50.5 Å². The van der Waals surface area contributed by atoms with Gasteiger partial charge >= 0.3 is 0 Å². The van der Waals surface area contributed by atoms with Gasteiger partial charge in [-0.25, -0.2) is 12.8 Å². The fourth-order valence-electron chi connectivity index (χ4n) is 3.71. The lowest BCUT2D eigenvalue weighted by Gasteiger charge is -2.23. The predicted octanol–water partition coefficient (Wildman–Crippen LogP) is 4.54. The Morgan fingerprint density at radius 1 is 1.07 bits per heavy atom. The molecule has 0 spiro atoms. The number of anilines is 1. The summed E-state index contributed by atoms with van der Waals surface area (Å²) >= 11 is 0. The number of aryl methyl sites for hydroxylation is 2. The number of benzene rings is 2. The summed E-state index contributed by atoms with van der Waals surface area (Å²) in [6.07, 6.45) is 2.13. The van der Waals surface area contributed by atoms with E-state index in [1.807, 2.05) is 25.7 Å². The van der Waals surface area contributed by atoms with E-state index in [9.17, 15) is 17.6 Å². The molecule has 0 aliphatic heterocycles. The zero-order valence-corrected chi connectivity index (χ0v) is 18.6. The van der Waals surface area contributed by atoms with Crippen molar-refractivity contribution >= 4 is 26.4 Å². The summed E-state index contributed by atoms with van der Waals surface area (Å²) in [5.74, 6) is -0.531. The maximum atomic E-state index is 14.9. The second-order valence-electron chi connectivity index (χ2n) is 7.33. The van der Waals surface area contributed by atoms with Crippen molar-refractivity contribution in [3.63, 3.8) is 0 Å². The third-order valence-corrected chi connectivity index (χ3v) is 7.02. The van der Waals surface area contributed by atoms with Gasteiger partial charge in [0.25, 0.3) is 0 Å². The first-order valence-electron chi connectivity index (χ1n) is 10.2. The minimum atomic E-state index is -4.04. The number of sulfone groups is 1. The molecule has 30 heavy (non-hydrogen) atoms. The standard InChI is InChI=1S/C23H27FN2O3S/c1-5-11-26-15-22(30(28,29)17-10-8-9-16(4)12-17)23(27)18-13-19(24)21(14-20(18)26)25(6-2)7-3/h8-10,12-15H,5-7,11H2,1-4H3.